The van der Waals surface area contributed by atoms with Crippen LogP contribution in [0.5, 0.6) is 11.5 Å². The lowest BCUT2D eigenvalue weighted by atomic mass is 10.0. The zero-order chi connectivity index (χ0) is 20.4. The first-order chi connectivity index (χ1) is 14.1. The monoisotopic (exact) mass is 414 g/mol. The van der Waals surface area contributed by atoms with Gasteiger partial charge in [0.05, 0.1) is 24.8 Å². The Kier molecular flexibility index (Phi) is 5.65. The number of nitrogens with one attached hydrogen (secondary N) is 2. The van der Waals surface area contributed by atoms with Crippen LogP contribution in [0.2, 0.25) is 5.02 Å². The van der Waals surface area contributed by atoms with Crippen molar-refractivity contribution < 1.29 is 19.0 Å². The van der Waals surface area contributed by atoms with Gasteiger partial charge in [-0.1, -0.05) is 17.7 Å². The lowest BCUT2D eigenvalue weighted by molar-refractivity contribution is 0.0603. The Bertz CT molecular complexity index is 1040. The number of aromatic amines is 1. The van der Waals surface area contributed by atoms with Crippen LogP contribution in [0.25, 0.3) is 22.0 Å². The average Bonchev–Trinajstić information content (AvgIpc) is 3.40. The number of carbonyl (C=O) groups is 1. The van der Waals surface area contributed by atoms with Gasteiger partial charge in [0.1, 0.15) is 6.61 Å². The third-order valence-electron chi connectivity index (χ3n) is 5.25. The number of esters is 1. The van der Waals surface area contributed by atoms with Crippen molar-refractivity contribution in [2.24, 2.45) is 0 Å². The van der Waals surface area contributed by atoms with Crippen LogP contribution in [0.4, 0.5) is 0 Å². The van der Waals surface area contributed by atoms with Crippen LogP contribution in [-0.2, 0) is 4.74 Å². The molecule has 1 saturated heterocycles. The zero-order valence-electron chi connectivity index (χ0n) is 16.4. The molecule has 1 aromatic heterocycles. The van der Waals surface area contributed by atoms with E-state index >= 15 is 0 Å². The lowest BCUT2D eigenvalue weighted by Crippen LogP contribution is -2.28. The highest BCUT2D eigenvalue weighted by Crippen LogP contribution is 2.38. The summed E-state index contributed by atoms with van der Waals surface area (Å²) in [7, 11) is 2.98. The number of rotatable bonds is 6. The van der Waals surface area contributed by atoms with Gasteiger partial charge in [0.25, 0.3) is 0 Å². The Hall–Kier alpha value is -2.70. The second kappa shape index (κ2) is 8.35. The average molecular weight is 415 g/mol. The van der Waals surface area contributed by atoms with Crippen LogP contribution in [0.3, 0.4) is 0 Å². The van der Waals surface area contributed by atoms with Crippen molar-refractivity contribution in [1.82, 2.24) is 10.3 Å². The molecule has 0 saturated carbocycles. The molecule has 3 aromatic rings. The van der Waals surface area contributed by atoms with Crippen LogP contribution >= 0.6 is 11.6 Å². The summed E-state index contributed by atoms with van der Waals surface area (Å²) in [6, 6.07) is 9.80. The molecule has 0 spiro atoms. The van der Waals surface area contributed by atoms with Crippen molar-refractivity contribution in [3.63, 3.8) is 0 Å². The van der Waals surface area contributed by atoms with E-state index < -0.39 is 5.97 Å². The zero-order valence-corrected chi connectivity index (χ0v) is 17.1. The first-order valence-electron chi connectivity index (χ1n) is 9.54. The summed E-state index contributed by atoms with van der Waals surface area (Å²) in [4.78, 5) is 15.1. The third-order valence-corrected chi connectivity index (χ3v) is 5.56. The van der Waals surface area contributed by atoms with Crippen LogP contribution in [0.15, 0.2) is 36.5 Å². The number of methoxy groups -OCH3 is 2. The number of aromatic nitrogens is 1. The van der Waals surface area contributed by atoms with E-state index in [0.717, 1.165) is 35.0 Å². The minimum absolute atomic E-state index is 0.376. The van der Waals surface area contributed by atoms with Crippen molar-refractivity contribution >= 4 is 28.5 Å². The first-order valence-corrected chi connectivity index (χ1v) is 9.92. The summed E-state index contributed by atoms with van der Waals surface area (Å²) in [5.74, 6) is 0.935. The Morgan fingerprint density at radius 3 is 2.79 bits per heavy atom. The number of fused-ring (bicyclic) bond motifs is 1. The highest BCUT2D eigenvalue weighted by atomic mass is 35.5. The van der Waals surface area contributed by atoms with Gasteiger partial charge in [-0.05, 0) is 49.2 Å². The van der Waals surface area contributed by atoms with Crippen LogP contribution in [-0.4, -0.2) is 44.4 Å². The molecule has 0 aliphatic carbocycles. The molecule has 29 heavy (non-hydrogen) atoms. The van der Waals surface area contributed by atoms with Gasteiger partial charge in [-0.3, -0.25) is 0 Å². The summed E-state index contributed by atoms with van der Waals surface area (Å²) >= 11 is 6.53. The molecule has 0 radical (unpaired) electrons. The first kappa shape index (κ1) is 19.6. The van der Waals surface area contributed by atoms with E-state index in [1.165, 1.54) is 13.5 Å². The fraction of sp³-hybridized carbons (Fsp3) is 0.318. The lowest BCUT2D eigenvalue weighted by Gasteiger charge is -2.16. The van der Waals surface area contributed by atoms with E-state index in [1.807, 2.05) is 24.3 Å². The fourth-order valence-corrected chi connectivity index (χ4v) is 3.96. The number of hydrogen-bond acceptors (Lipinski definition) is 5. The molecular formula is C22H23ClN2O4. The normalized spacial score (nSPS) is 16.2. The molecule has 7 heteroatoms. The summed E-state index contributed by atoms with van der Waals surface area (Å²) in [6.07, 6.45) is 3.93. The number of ether oxygens (including phenoxy) is 3. The van der Waals surface area contributed by atoms with E-state index in [2.05, 4.69) is 10.3 Å². The Morgan fingerprint density at radius 2 is 2.07 bits per heavy atom. The maximum atomic E-state index is 12.0. The molecule has 2 heterocycles. The molecule has 0 bridgehead atoms. The SMILES string of the molecule is COC(=O)c1c[nH]c2cc(Cl)c(-c3ccc(OC[C@@H]4CCCN4)c(OC)c3)cc12. The second-order valence-corrected chi connectivity index (χ2v) is 7.45. The fourth-order valence-electron chi connectivity index (χ4n) is 3.69. The van der Waals surface area contributed by atoms with E-state index in [1.54, 1.807) is 19.4 Å². The molecule has 1 atom stereocenters. The second-order valence-electron chi connectivity index (χ2n) is 7.04. The van der Waals surface area contributed by atoms with Gasteiger partial charge in [-0.2, -0.15) is 0 Å². The van der Waals surface area contributed by atoms with Crippen molar-refractivity contribution in [2.45, 2.75) is 18.9 Å². The molecule has 0 unspecified atom stereocenters. The molecule has 0 amide bonds. The van der Waals surface area contributed by atoms with Crippen molar-refractivity contribution in [3.05, 3.63) is 47.1 Å². The van der Waals surface area contributed by atoms with Gasteiger partial charge >= 0.3 is 5.97 Å². The highest BCUT2D eigenvalue weighted by Gasteiger charge is 2.18. The molecule has 1 aliphatic heterocycles. The maximum Gasteiger partial charge on any atom is 0.340 e. The predicted octanol–water partition coefficient (Wildman–Crippen LogP) is 4.41. The quantitative estimate of drug-likeness (QED) is 0.584. The molecule has 152 valence electrons. The molecule has 2 N–H and O–H groups in total. The molecule has 1 aliphatic rings. The van der Waals surface area contributed by atoms with Gasteiger partial charge in [0, 0.05) is 28.7 Å². The molecule has 4 rings (SSSR count). The number of hydrogen-bond donors (Lipinski definition) is 2. The number of carbonyl (C=O) groups excluding carboxylic acids is 1. The van der Waals surface area contributed by atoms with Crippen molar-refractivity contribution in [1.29, 1.82) is 0 Å². The van der Waals surface area contributed by atoms with Gasteiger partial charge < -0.3 is 24.5 Å². The third kappa shape index (κ3) is 3.91. The smallest absolute Gasteiger partial charge is 0.340 e. The standard InChI is InChI=1S/C22H23ClN2O4/c1-27-21-8-13(5-6-20(21)29-12-14-4-3-7-24-14)15-9-16-17(22(26)28-2)11-25-19(16)10-18(15)23/h5-6,8-11,14,24-25H,3-4,7,12H2,1-2H3/t14-/m0/s1. The Balaban J connectivity index is 1.67. The maximum absolute atomic E-state index is 12.0. The van der Waals surface area contributed by atoms with Gasteiger partial charge in [0.15, 0.2) is 11.5 Å². The highest BCUT2D eigenvalue weighted by molar-refractivity contribution is 6.34. The summed E-state index contributed by atoms with van der Waals surface area (Å²) in [6.45, 7) is 1.64. The largest absolute Gasteiger partial charge is 0.493 e. The van der Waals surface area contributed by atoms with Crippen LogP contribution in [0, 0.1) is 0 Å². The van der Waals surface area contributed by atoms with E-state index in [0.29, 0.717) is 34.7 Å². The number of halogens is 1. The van der Waals surface area contributed by atoms with Gasteiger partial charge in [-0.25, -0.2) is 4.79 Å². The van der Waals surface area contributed by atoms with Crippen molar-refractivity contribution in [3.8, 4) is 22.6 Å². The van der Waals surface area contributed by atoms with Crippen molar-refractivity contribution in [2.75, 3.05) is 27.4 Å². The molecule has 6 nitrogen and oxygen atoms in total. The van der Waals surface area contributed by atoms with Gasteiger partial charge in [0.2, 0.25) is 0 Å². The number of H-pyrrole nitrogens is 1. The Labute approximate surface area is 174 Å². The summed E-state index contributed by atoms with van der Waals surface area (Å²) < 4.78 is 16.4. The minimum atomic E-state index is -0.397. The predicted molar refractivity (Wildman–Crippen MR) is 113 cm³/mol. The van der Waals surface area contributed by atoms with E-state index in [-0.39, 0.29) is 0 Å². The topological polar surface area (TPSA) is 72.6 Å². The molecule has 2 aromatic carbocycles. The van der Waals surface area contributed by atoms with E-state index in [9.17, 15) is 4.79 Å². The van der Waals surface area contributed by atoms with E-state index in [4.69, 9.17) is 25.8 Å². The van der Waals surface area contributed by atoms with Crippen LogP contribution < -0.4 is 14.8 Å². The summed E-state index contributed by atoms with van der Waals surface area (Å²) in [5.41, 5.74) is 2.91. The molecule has 1 fully saturated rings. The minimum Gasteiger partial charge on any atom is -0.493 e. The molecular weight excluding hydrogens is 392 g/mol. The summed E-state index contributed by atoms with van der Waals surface area (Å²) in [5, 5.41) is 4.74. The number of benzene rings is 2. The Morgan fingerprint density at radius 1 is 1.21 bits per heavy atom. The van der Waals surface area contributed by atoms with Crippen LogP contribution in [0.1, 0.15) is 23.2 Å². The van der Waals surface area contributed by atoms with Gasteiger partial charge in [-0.15, -0.1) is 0 Å².